The zero-order valence-corrected chi connectivity index (χ0v) is 47.8. The van der Waals surface area contributed by atoms with E-state index in [4.69, 9.17) is 9.47 Å². The predicted octanol–water partition coefficient (Wildman–Crippen LogP) is 11.8. The number of ether oxygens (including phenoxy) is 2. The second kappa shape index (κ2) is 19.7. The average molecular weight is 992 g/mol. The Morgan fingerprint density at radius 2 is 1.15 bits per heavy atom. The van der Waals surface area contributed by atoms with E-state index in [1.165, 1.54) is 89.3 Å². The predicted molar refractivity (Wildman–Crippen MR) is 292 cm³/mol. The Balaban J connectivity index is 0.000000156. The molecule has 19 atom stereocenters. The zero-order valence-electron chi connectivity index (χ0n) is 47.8. The number of ketones is 2. The Morgan fingerprint density at radius 3 is 1.69 bits per heavy atom. The number of carbonyl (C=O) groups is 2. The van der Waals surface area contributed by atoms with Crippen LogP contribution >= 0.6 is 0 Å². The largest absolute Gasteiger partial charge is 0.369 e. The van der Waals surface area contributed by atoms with Crippen LogP contribution in [-0.2, 0) is 19.1 Å². The Bertz CT molecular complexity index is 2180. The maximum absolute atomic E-state index is 12.3. The molecule has 0 aromatic rings. The van der Waals surface area contributed by atoms with Crippen LogP contribution in [0.5, 0.6) is 0 Å². The zero-order chi connectivity index (χ0) is 50.8. The first-order valence-electron chi connectivity index (χ1n) is 30.5. The monoisotopic (exact) mass is 991 g/mol. The van der Waals surface area contributed by atoms with Gasteiger partial charge in [-0.15, -0.1) is 0 Å². The number of likely N-dealkylation sites (tertiary alicyclic amines) is 2. The summed E-state index contributed by atoms with van der Waals surface area (Å²) in [6, 6.07) is 1.16. The number of piperidine rings is 2. The molecule has 4 saturated heterocycles. The summed E-state index contributed by atoms with van der Waals surface area (Å²) in [4.78, 5) is 34.7. The molecular weight excluding hydrogens is 889 g/mol. The summed E-state index contributed by atoms with van der Waals surface area (Å²) in [5, 5.41) is 0. The van der Waals surface area contributed by atoms with E-state index in [-0.39, 0.29) is 16.6 Å². The number of allylic oxidation sites excluding steroid dienone is 4. The molecule has 12 aliphatic rings. The van der Waals surface area contributed by atoms with Crippen molar-refractivity contribution in [3.05, 3.63) is 33.9 Å². The highest BCUT2D eigenvalue weighted by atomic mass is 16.5. The first-order valence-corrected chi connectivity index (χ1v) is 30.5. The van der Waals surface area contributed by atoms with Gasteiger partial charge >= 0.3 is 0 Å². The van der Waals surface area contributed by atoms with Gasteiger partial charge in [-0.2, -0.15) is 0 Å². The molecule has 0 bridgehead atoms. The minimum Gasteiger partial charge on any atom is -0.369 e. The summed E-state index contributed by atoms with van der Waals surface area (Å²) in [7, 11) is 8.80. The molecule has 0 amide bonds. The van der Waals surface area contributed by atoms with Crippen LogP contribution in [0.3, 0.4) is 0 Å². The van der Waals surface area contributed by atoms with Crippen molar-refractivity contribution >= 4 is 11.6 Å². The molecule has 0 aromatic heterocycles. The van der Waals surface area contributed by atoms with Crippen molar-refractivity contribution in [2.45, 2.75) is 213 Å². The minimum absolute atomic E-state index is 0.0214. The molecule has 72 heavy (non-hydrogen) atoms. The third kappa shape index (κ3) is 8.92. The van der Waals surface area contributed by atoms with Crippen LogP contribution in [0.25, 0.3) is 0 Å². The summed E-state index contributed by atoms with van der Waals surface area (Å²) in [5.41, 5.74) is 9.14. The van der Waals surface area contributed by atoms with Gasteiger partial charge in [0, 0.05) is 82.5 Å². The maximum Gasteiger partial charge on any atom is 0.155 e. The molecule has 5 saturated carbocycles. The van der Waals surface area contributed by atoms with Crippen LogP contribution in [0.1, 0.15) is 177 Å². The van der Waals surface area contributed by atoms with Crippen LogP contribution in [0, 0.1) is 75.9 Å². The molecule has 0 N–H and O–H groups in total. The van der Waals surface area contributed by atoms with Gasteiger partial charge in [0.25, 0.3) is 0 Å². The first-order chi connectivity index (χ1) is 34.2. The fraction of sp³-hybridized carbons (Fsp3) is 0.875. The van der Waals surface area contributed by atoms with Crippen LogP contribution in [-0.4, -0.2) is 134 Å². The van der Waals surface area contributed by atoms with Gasteiger partial charge in [-0.1, -0.05) is 69.4 Å². The highest BCUT2D eigenvalue weighted by molar-refractivity contribution is 5.91. The SMILES string of the molecule is CC1=C2C[C@H]3[C@@H](CCC4=CC(=O)CC[C@@]43C)[C@@H]2CC[C@@]2(C1)O[C@@H]1C[C@H](C)CN(CCN(C)C)[C@H]1[C@H]2C.CC1=C2C[C@H]3[C@@H](CC[C@@H]4CC(=O)CC[C@@]43C)[C@@H]2CC[C@@]2(C1)O[C@@H]1C[C@H](C)CN(CCN(C)C)[C@H]1[C@H]2C. The van der Waals surface area contributed by atoms with Crippen LogP contribution < -0.4 is 0 Å². The van der Waals surface area contributed by atoms with Gasteiger partial charge in [-0.25, -0.2) is 0 Å². The molecule has 0 unspecified atom stereocenters. The lowest BCUT2D eigenvalue weighted by Gasteiger charge is -2.52. The quantitative estimate of drug-likeness (QED) is 0.244. The summed E-state index contributed by atoms with van der Waals surface area (Å²) < 4.78 is 14.5. The standard InChI is InChI=1S/C32H52N2O2.C32H50N2O2/c2*1-20-15-29-30(34(19-20)14-13-33(5)6)22(3)32(36-29)12-10-25-26-8-7-23-16-24(35)9-11-31(23,4)28(26)17-27(25)21(2)18-32/h20,22-23,25-26,28-30H,7-19H2,1-6H3;16,20,22,25-26,28-30H,7-15,17-19H2,1-6H3/t20-,22+,23+,25-,26-,28-,29+,30-,31-,32-;20-,22+,25-,26-,28-,29+,30-,31-,32-/m00/s1. The van der Waals surface area contributed by atoms with Crippen LogP contribution in [0.4, 0.5) is 0 Å². The molecule has 12 rings (SSSR count). The fourth-order valence-electron chi connectivity index (χ4n) is 20.7. The molecule has 4 aliphatic heterocycles. The van der Waals surface area contributed by atoms with Gasteiger partial charge < -0.3 is 19.3 Å². The lowest BCUT2D eigenvalue weighted by atomic mass is 9.52. The van der Waals surface area contributed by atoms with Gasteiger partial charge in [0.1, 0.15) is 5.78 Å². The van der Waals surface area contributed by atoms with Crippen molar-refractivity contribution < 1.29 is 19.1 Å². The Kier molecular flexibility index (Phi) is 14.3. The Morgan fingerprint density at radius 1 is 0.625 bits per heavy atom. The summed E-state index contributed by atoms with van der Waals surface area (Å²) >= 11 is 0. The number of rotatable bonds is 6. The smallest absolute Gasteiger partial charge is 0.155 e. The van der Waals surface area contributed by atoms with Crippen LogP contribution in [0.2, 0.25) is 0 Å². The summed E-state index contributed by atoms with van der Waals surface area (Å²) in [6.07, 6.45) is 25.0. The molecule has 402 valence electrons. The lowest BCUT2D eigenvalue weighted by Crippen LogP contribution is -2.53. The van der Waals surface area contributed by atoms with E-state index in [1.807, 2.05) is 11.6 Å². The number of fused-ring (bicyclic) bond motifs is 12. The number of nitrogens with zero attached hydrogens (tertiary/aromatic N) is 4. The van der Waals surface area contributed by atoms with Gasteiger partial charge in [-0.3, -0.25) is 19.4 Å². The van der Waals surface area contributed by atoms with Gasteiger partial charge in [-0.05, 0) is 215 Å². The summed E-state index contributed by atoms with van der Waals surface area (Å²) in [5.74, 6) is 8.87. The van der Waals surface area contributed by atoms with E-state index < -0.39 is 0 Å². The highest BCUT2D eigenvalue weighted by Gasteiger charge is 2.62. The highest BCUT2D eigenvalue weighted by Crippen LogP contribution is 2.67. The topological polar surface area (TPSA) is 65.6 Å². The van der Waals surface area contributed by atoms with Crippen molar-refractivity contribution in [3.8, 4) is 0 Å². The number of likely N-dealkylation sites (N-methyl/N-ethyl adjacent to an activating group) is 2. The molecular formula is C64H102N4O4. The molecule has 0 aromatic carbocycles. The van der Waals surface area contributed by atoms with Gasteiger partial charge in [0.15, 0.2) is 5.78 Å². The molecule has 4 heterocycles. The third-order valence-corrected chi connectivity index (χ3v) is 24.5. The van der Waals surface area contributed by atoms with Crippen molar-refractivity contribution in [1.82, 2.24) is 19.6 Å². The number of hydrogen-bond acceptors (Lipinski definition) is 8. The minimum atomic E-state index is 0.0214. The molecule has 8 aliphatic carbocycles. The molecule has 0 radical (unpaired) electrons. The van der Waals surface area contributed by atoms with Crippen molar-refractivity contribution in [1.29, 1.82) is 0 Å². The molecule has 8 heteroatoms. The van der Waals surface area contributed by atoms with Gasteiger partial charge in [0.05, 0.1) is 23.4 Å². The van der Waals surface area contributed by atoms with E-state index in [1.54, 1.807) is 16.7 Å². The second-order valence-electron chi connectivity index (χ2n) is 29.1. The van der Waals surface area contributed by atoms with E-state index in [0.717, 1.165) is 119 Å². The third-order valence-electron chi connectivity index (χ3n) is 24.5. The van der Waals surface area contributed by atoms with Crippen molar-refractivity contribution in [3.63, 3.8) is 0 Å². The van der Waals surface area contributed by atoms with E-state index >= 15 is 0 Å². The number of hydrogen-bond donors (Lipinski definition) is 0. The normalized spacial score (nSPS) is 48.0. The van der Waals surface area contributed by atoms with Crippen LogP contribution in [0.15, 0.2) is 33.9 Å². The second-order valence-corrected chi connectivity index (χ2v) is 29.1. The average Bonchev–Trinajstić information content (AvgIpc) is 4.00. The molecule has 2 spiro atoms. The number of carbonyl (C=O) groups excluding carboxylic acids is 2. The number of Topliss-reactive ketones (excluding diaryl/α,β-unsaturated/α-hetero) is 1. The molecule has 9 fully saturated rings. The first kappa shape index (κ1) is 52.4. The summed E-state index contributed by atoms with van der Waals surface area (Å²) in [6.45, 7) is 27.0. The van der Waals surface area contributed by atoms with E-state index in [0.29, 0.717) is 64.9 Å². The van der Waals surface area contributed by atoms with E-state index in [2.05, 4.69) is 103 Å². The van der Waals surface area contributed by atoms with Crippen molar-refractivity contribution in [2.24, 2.45) is 75.9 Å². The van der Waals surface area contributed by atoms with E-state index in [9.17, 15) is 9.59 Å². The maximum atomic E-state index is 12.3. The Hall–Kier alpha value is -1.68. The van der Waals surface area contributed by atoms with Gasteiger partial charge in [0.2, 0.25) is 0 Å². The lowest BCUT2D eigenvalue weighted by molar-refractivity contribution is -0.129. The fourth-order valence-corrected chi connectivity index (χ4v) is 20.7. The van der Waals surface area contributed by atoms with Crippen molar-refractivity contribution in [2.75, 3.05) is 67.5 Å². The molecule has 8 nitrogen and oxygen atoms in total. The Labute approximate surface area is 438 Å².